The topological polar surface area (TPSA) is 12.9 Å². The number of pyridine rings is 1. The molecule has 0 spiro atoms. The lowest BCUT2D eigenvalue weighted by molar-refractivity contribution is 1.26. The van der Waals surface area contributed by atoms with Crippen LogP contribution in [0, 0.1) is 11.0 Å². The molecule has 2 aromatic rings. The third kappa shape index (κ3) is 2.25. The molecule has 0 unspecified atom stereocenters. The zero-order chi connectivity index (χ0) is 9.42. The molecule has 1 nitrogen and oxygen atoms in total. The summed E-state index contributed by atoms with van der Waals surface area (Å²) < 4.78 is 3.39. The zero-order valence-electron chi connectivity index (χ0n) is 6.39. The minimum atomic E-state index is 1.05. The third-order valence-corrected chi connectivity index (χ3v) is 3.76. The van der Waals surface area contributed by atoms with Gasteiger partial charge in [-0.15, -0.1) is 0 Å². The first-order chi connectivity index (χ1) is 6.16. The van der Waals surface area contributed by atoms with Gasteiger partial charge in [-0.1, -0.05) is 6.07 Å². The van der Waals surface area contributed by atoms with Gasteiger partial charge in [0, 0.05) is 8.96 Å². The van der Waals surface area contributed by atoms with E-state index in [0.717, 1.165) is 7.40 Å². The average molecular weight is 507 g/mol. The molecular formula is C9H4I3N. The molecule has 1 aromatic heterocycles. The molecule has 0 aliphatic heterocycles. The summed E-state index contributed by atoms with van der Waals surface area (Å²) in [6, 6.07) is 8.53. The van der Waals surface area contributed by atoms with Gasteiger partial charge in [0.1, 0.15) is 7.40 Å². The van der Waals surface area contributed by atoms with E-state index in [1.165, 1.54) is 14.3 Å². The van der Waals surface area contributed by atoms with E-state index in [9.17, 15) is 0 Å². The van der Waals surface area contributed by atoms with Crippen LogP contribution >= 0.6 is 67.8 Å². The third-order valence-electron chi connectivity index (χ3n) is 1.72. The van der Waals surface area contributed by atoms with E-state index >= 15 is 0 Å². The maximum atomic E-state index is 4.41. The maximum Gasteiger partial charge on any atom is 0.110 e. The Bertz CT molecular complexity index is 468. The summed E-state index contributed by atoms with van der Waals surface area (Å²) >= 11 is 6.85. The lowest BCUT2D eigenvalue weighted by Crippen LogP contribution is -1.87. The molecule has 0 fully saturated rings. The Hall–Kier alpha value is 0.820. The molecule has 0 radical (unpaired) electrons. The molecule has 0 atom stereocenters. The molecule has 2 rings (SSSR count). The number of hydrogen-bond donors (Lipinski definition) is 0. The molecule has 0 amide bonds. The lowest BCUT2D eigenvalue weighted by atomic mass is 10.2. The van der Waals surface area contributed by atoms with Gasteiger partial charge >= 0.3 is 0 Å². The molecule has 0 aliphatic rings. The number of aromatic nitrogens is 1. The Morgan fingerprint density at radius 3 is 2.54 bits per heavy atom. The van der Waals surface area contributed by atoms with Crippen LogP contribution in [0.25, 0.3) is 10.8 Å². The molecule has 1 heterocycles. The fourth-order valence-electron chi connectivity index (χ4n) is 1.15. The summed E-state index contributed by atoms with van der Waals surface area (Å²) in [7, 11) is 0. The fourth-order valence-corrected chi connectivity index (χ4v) is 3.40. The Morgan fingerprint density at radius 1 is 1.00 bits per heavy atom. The summed E-state index contributed by atoms with van der Waals surface area (Å²) in [6.45, 7) is 0. The van der Waals surface area contributed by atoms with Crippen molar-refractivity contribution in [1.82, 2.24) is 4.98 Å². The number of fused-ring (bicyclic) bond motifs is 1. The number of nitrogens with zero attached hydrogens (tertiary/aromatic N) is 1. The highest BCUT2D eigenvalue weighted by molar-refractivity contribution is 14.1. The van der Waals surface area contributed by atoms with Crippen molar-refractivity contribution < 1.29 is 0 Å². The van der Waals surface area contributed by atoms with Gasteiger partial charge in [-0.3, -0.25) is 0 Å². The van der Waals surface area contributed by atoms with Crippen LogP contribution in [0.5, 0.6) is 0 Å². The highest BCUT2D eigenvalue weighted by atomic mass is 127. The Kier molecular flexibility index (Phi) is 3.29. The van der Waals surface area contributed by atoms with Crippen LogP contribution in [0.2, 0.25) is 0 Å². The average Bonchev–Trinajstić information content (AvgIpc) is 2.06. The van der Waals surface area contributed by atoms with Gasteiger partial charge in [-0.25, -0.2) is 4.98 Å². The van der Waals surface area contributed by atoms with Crippen LogP contribution < -0.4 is 0 Å². The minimum Gasteiger partial charge on any atom is -0.235 e. The molecule has 0 bridgehead atoms. The van der Waals surface area contributed by atoms with Crippen molar-refractivity contribution in [2.75, 3.05) is 0 Å². The molecule has 0 saturated heterocycles. The highest BCUT2D eigenvalue weighted by Crippen LogP contribution is 2.22. The Morgan fingerprint density at radius 2 is 1.77 bits per heavy atom. The van der Waals surface area contributed by atoms with E-state index in [0.29, 0.717) is 0 Å². The Labute approximate surface area is 117 Å². The monoisotopic (exact) mass is 507 g/mol. The second kappa shape index (κ2) is 4.13. The van der Waals surface area contributed by atoms with Gasteiger partial charge in [0.25, 0.3) is 0 Å². The van der Waals surface area contributed by atoms with E-state index in [2.05, 4.69) is 97.0 Å². The van der Waals surface area contributed by atoms with Crippen LogP contribution in [-0.2, 0) is 0 Å². The van der Waals surface area contributed by atoms with Crippen molar-refractivity contribution in [2.24, 2.45) is 0 Å². The SMILES string of the molecule is Ic1ccc2cc(I)nc(I)c2c1. The minimum absolute atomic E-state index is 1.05. The largest absolute Gasteiger partial charge is 0.235 e. The van der Waals surface area contributed by atoms with Crippen molar-refractivity contribution in [1.29, 1.82) is 0 Å². The molecule has 66 valence electrons. The van der Waals surface area contributed by atoms with Gasteiger partial charge in [0.15, 0.2) is 0 Å². The van der Waals surface area contributed by atoms with Gasteiger partial charge in [0.05, 0.1) is 0 Å². The summed E-state index contributed by atoms with van der Waals surface area (Å²) in [6.07, 6.45) is 0. The Balaban J connectivity index is 2.87. The maximum absolute atomic E-state index is 4.41. The smallest absolute Gasteiger partial charge is 0.110 e. The van der Waals surface area contributed by atoms with Crippen LogP contribution in [0.15, 0.2) is 24.3 Å². The molecule has 13 heavy (non-hydrogen) atoms. The molecule has 0 aliphatic carbocycles. The zero-order valence-corrected chi connectivity index (χ0v) is 12.9. The van der Waals surface area contributed by atoms with Crippen molar-refractivity contribution >= 4 is 78.5 Å². The molecule has 0 saturated carbocycles. The highest BCUT2D eigenvalue weighted by Gasteiger charge is 2.01. The number of rotatable bonds is 0. The number of hydrogen-bond acceptors (Lipinski definition) is 1. The van der Waals surface area contributed by atoms with Crippen LogP contribution in [0.4, 0.5) is 0 Å². The molecule has 1 aromatic carbocycles. The standard InChI is InChI=1S/C9H4I3N/c10-6-2-1-5-3-8(11)13-9(12)7(5)4-6/h1-4H. The summed E-state index contributed by atoms with van der Waals surface area (Å²) in [4.78, 5) is 4.41. The first-order valence-corrected chi connectivity index (χ1v) is 6.82. The van der Waals surface area contributed by atoms with Gasteiger partial charge in [-0.2, -0.15) is 0 Å². The second-order valence-corrected chi connectivity index (χ2v) is 5.97. The fraction of sp³-hybridized carbons (Fsp3) is 0. The van der Waals surface area contributed by atoms with Crippen molar-refractivity contribution in [3.8, 4) is 0 Å². The van der Waals surface area contributed by atoms with Crippen LogP contribution in [-0.4, -0.2) is 4.98 Å². The first kappa shape index (κ1) is 10.3. The number of benzene rings is 1. The van der Waals surface area contributed by atoms with Crippen LogP contribution in [0.3, 0.4) is 0 Å². The van der Waals surface area contributed by atoms with Crippen LogP contribution in [0.1, 0.15) is 0 Å². The van der Waals surface area contributed by atoms with E-state index < -0.39 is 0 Å². The van der Waals surface area contributed by atoms with E-state index in [1.54, 1.807) is 0 Å². The summed E-state index contributed by atoms with van der Waals surface area (Å²) in [5.74, 6) is 0. The van der Waals surface area contributed by atoms with Gasteiger partial charge in [-0.05, 0) is 91.4 Å². The van der Waals surface area contributed by atoms with E-state index in [-0.39, 0.29) is 0 Å². The van der Waals surface area contributed by atoms with Crippen molar-refractivity contribution in [3.05, 3.63) is 35.2 Å². The molecule has 0 N–H and O–H groups in total. The summed E-state index contributed by atoms with van der Waals surface area (Å²) in [5, 5.41) is 2.51. The van der Waals surface area contributed by atoms with E-state index in [4.69, 9.17) is 0 Å². The van der Waals surface area contributed by atoms with E-state index in [1.807, 2.05) is 0 Å². The predicted molar refractivity (Wildman–Crippen MR) is 79.9 cm³/mol. The normalized spacial score (nSPS) is 10.7. The molecular weight excluding hydrogens is 503 g/mol. The predicted octanol–water partition coefficient (Wildman–Crippen LogP) is 4.05. The first-order valence-electron chi connectivity index (χ1n) is 3.58. The second-order valence-electron chi connectivity index (χ2n) is 2.60. The van der Waals surface area contributed by atoms with Gasteiger partial charge < -0.3 is 0 Å². The van der Waals surface area contributed by atoms with Crippen molar-refractivity contribution in [3.63, 3.8) is 0 Å². The lowest BCUT2D eigenvalue weighted by Gasteiger charge is -2.01. The van der Waals surface area contributed by atoms with Crippen molar-refractivity contribution in [2.45, 2.75) is 0 Å². The summed E-state index contributed by atoms with van der Waals surface area (Å²) in [5.41, 5.74) is 0. The number of halogens is 3. The quantitative estimate of drug-likeness (QED) is 0.388. The molecule has 4 heteroatoms. The van der Waals surface area contributed by atoms with Gasteiger partial charge in [0.2, 0.25) is 0 Å².